The molecule has 1 atom stereocenters. The van der Waals surface area contributed by atoms with Gasteiger partial charge in [0.15, 0.2) is 0 Å². The first-order valence-corrected chi connectivity index (χ1v) is 5.94. The van der Waals surface area contributed by atoms with Crippen LogP contribution < -0.4 is 10.2 Å². The number of pyridine rings is 1. The first kappa shape index (κ1) is 12.8. The van der Waals surface area contributed by atoms with Gasteiger partial charge in [-0.25, -0.2) is 4.98 Å². The average molecular weight is 221 g/mol. The normalized spacial score (nSPS) is 12.6. The third-order valence-electron chi connectivity index (χ3n) is 2.84. The molecule has 1 heterocycles. The van der Waals surface area contributed by atoms with E-state index in [2.05, 4.69) is 42.0 Å². The van der Waals surface area contributed by atoms with Crippen LogP contribution in [0.5, 0.6) is 0 Å². The summed E-state index contributed by atoms with van der Waals surface area (Å²) in [4.78, 5) is 6.44. The van der Waals surface area contributed by atoms with E-state index >= 15 is 0 Å². The number of nitrogens with zero attached hydrogens (tertiary/aromatic N) is 2. The second-order valence-corrected chi connectivity index (χ2v) is 4.70. The molecule has 0 aliphatic rings. The van der Waals surface area contributed by atoms with Crippen LogP contribution in [0.1, 0.15) is 27.2 Å². The molecule has 3 nitrogen and oxygen atoms in total. The monoisotopic (exact) mass is 221 g/mol. The minimum atomic E-state index is 0.491. The van der Waals surface area contributed by atoms with Crippen molar-refractivity contribution in [3.8, 4) is 0 Å². The summed E-state index contributed by atoms with van der Waals surface area (Å²) in [6.07, 6.45) is 2.97. The molecule has 0 saturated heterocycles. The minimum absolute atomic E-state index is 0.491. The van der Waals surface area contributed by atoms with Gasteiger partial charge in [-0.1, -0.05) is 20.8 Å². The molecule has 1 unspecified atom stereocenters. The van der Waals surface area contributed by atoms with E-state index < -0.39 is 0 Å². The minimum Gasteiger partial charge on any atom is -0.378 e. The highest BCUT2D eigenvalue weighted by molar-refractivity contribution is 5.53. The van der Waals surface area contributed by atoms with E-state index in [1.165, 1.54) is 5.69 Å². The summed E-state index contributed by atoms with van der Waals surface area (Å²) in [5, 5.41) is 3.49. The second kappa shape index (κ2) is 5.73. The lowest BCUT2D eigenvalue weighted by atomic mass is 10.0. The highest BCUT2D eigenvalue weighted by Crippen LogP contribution is 2.18. The lowest BCUT2D eigenvalue weighted by molar-refractivity contribution is 0.510. The van der Waals surface area contributed by atoms with Crippen LogP contribution in [-0.2, 0) is 0 Å². The summed E-state index contributed by atoms with van der Waals surface area (Å²) in [6, 6.07) is 4.59. The van der Waals surface area contributed by atoms with Crippen LogP contribution >= 0.6 is 0 Å². The number of hydrogen-bond donors (Lipinski definition) is 1. The maximum absolute atomic E-state index is 4.35. The van der Waals surface area contributed by atoms with Crippen molar-refractivity contribution in [2.75, 3.05) is 24.3 Å². The van der Waals surface area contributed by atoms with Gasteiger partial charge in [0, 0.05) is 38.1 Å². The lowest BCUT2D eigenvalue weighted by Crippen LogP contribution is -2.25. The number of anilines is 2. The Balaban J connectivity index is 2.76. The van der Waals surface area contributed by atoms with Crippen LogP contribution in [0.2, 0.25) is 0 Å². The lowest BCUT2D eigenvalue weighted by Gasteiger charge is -2.22. The molecule has 0 aliphatic carbocycles. The third-order valence-corrected chi connectivity index (χ3v) is 2.84. The topological polar surface area (TPSA) is 28.2 Å². The zero-order valence-corrected chi connectivity index (χ0v) is 11.0. The van der Waals surface area contributed by atoms with Crippen LogP contribution in [0.15, 0.2) is 18.3 Å². The molecule has 90 valence electrons. The molecule has 0 amide bonds. The number of rotatable bonds is 5. The summed E-state index contributed by atoms with van der Waals surface area (Å²) in [5.74, 6) is 1.58. The SMILES string of the molecule is CCC(Nc1cc(N(C)C)ccn1)C(C)C. The molecule has 16 heavy (non-hydrogen) atoms. The van der Waals surface area contributed by atoms with Gasteiger partial charge in [-0.3, -0.25) is 0 Å². The van der Waals surface area contributed by atoms with E-state index in [-0.39, 0.29) is 0 Å². The van der Waals surface area contributed by atoms with Crippen molar-refractivity contribution >= 4 is 11.5 Å². The fraction of sp³-hybridized carbons (Fsp3) is 0.615. The average Bonchev–Trinajstić information content (AvgIpc) is 2.25. The van der Waals surface area contributed by atoms with Crippen molar-refractivity contribution < 1.29 is 0 Å². The van der Waals surface area contributed by atoms with E-state index in [0.717, 1.165) is 12.2 Å². The van der Waals surface area contributed by atoms with Crippen molar-refractivity contribution in [2.45, 2.75) is 33.2 Å². The van der Waals surface area contributed by atoms with Crippen LogP contribution in [0.25, 0.3) is 0 Å². The van der Waals surface area contributed by atoms with Gasteiger partial charge >= 0.3 is 0 Å². The van der Waals surface area contributed by atoms with E-state index in [9.17, 15) is 0 Å². The zero-order chi connectivity index (χ0) is 12.1. The molecule has 0 fully saturated rings. The van der Waals surface area contributed by atoms with Gasteiger partial charge < -0.3 is 10.2 Å². The molecule has 1 aromatic rings. The van der Waals surface area contributed by atoms with Crippen LogP contribution in [0.4, 0.5) is 11.5 Å². The Morgan fingerprint density at radius 1 is 1.38 bits per heavy atom. The highest BCUT2D eigenvalue weighted by Gasteiger charge is 2.11. The molecule has 1 N–H and O–H groups in total. The van der Waals surface area contributed by atoms with Crippen LogP contribution in [0, 0.1) is 5.92 Å². The summed E-state index contributed by atoms with van der Waals surface area (Å²) in [6.45, 7) is 6.67. The van der Waals surface area contributed by atoms with Gasteiger partial charge in [0.05, 0.1) is 0 Å². The fourth-order valence-corrected chi connectivity index (χ4v) is 1.71. The largest absolute Gasteiger partial charge is 0.378 e. The Bertz CT molecular complexity index is 321. The first-order valence-electron chi connectivity index (χ1n) is 5.94. The van der Waals surface area contributed by atoms with Crippen molar-refractivity contribution in [3.05, 3.63) is 18.3 Å². The van der Waals surface area contributed by atoms with E-state index in [4.69, 9.17) is 0 Å². The fourth-order valence-electron chi connectivity index (χ4n) is 1.71. The van der Waals surface area contributed by atoms with Crippen LogP contribution in [-0.4, -0.2) is 25.1 Å². The Morgan fingerprint density at radius 2 is 2.06 bits per heavy atom. The molecule has 0 aromatic carbocycles. The molecule has 0 saturated carbocycles. The van der Waals surface area contributed by atoms with Crippen LogP contribution in [0.3, 0.4) is 0 Å². The Hall–Kier alpha value is -1.25. The maximum atomic E-state index is 4.35. The molecule has 0 aliphatic heterocycles. The molecule has 1 rings (SSSR count). The predicted molar refractivity (Wildman–Crippen MR) is 71.1 cm³/mol. The summed E-state index contributed by atoms with van der Waals surface area (Å²) < 4.78 is 0. The van der Waals surface area contributed by atoms with Crippen molar-refractivity contribution in [1.29, 1.82) is 0 Å². The van der Waals surface area contributed by atoms with Gasteiger partial charge in [-0.05, 0) is 18.4 Å². The summed E-state index contributed by atoms with van der Waals surface area (Å²) in [7, 11) is 4.08. The van der Waals surface area contributed by atoms with Gasteiger partial charge in [0.2, 0.25) is 0 Å². The quantitative estimate of drug-likeness (QED) is 0.828. The van der Waals surface area contributed by atoms with Gasteiger partial charge in [-0.15, -0.1) is 0 Å². The molecular formula is C13H23N3. The number of hydrogen-bond acceptors (Lipinski definition) is 3. The summed E-state index contributed by atoms with van der Waals surface area (Å²) in [5.41, 5.74) is 1.18. The second-order valence-electron chi connectivity index (χ2n) is 4.70. The van der Waals surface area contributed by atoms with Gasteiger partial charge in [-0.2, -0.15) is 0 Å². The molecular weight excluding hydrogens is 198 g/mol. The van der Waals surface area contributed by atoms with E-state index in [1.54, 1.807) is 0 Å². The van der Waals surface area contributed by atoms with Gasteiger partial charge in [0.25, 0.3) is 0 Å². The standard InChI is InChI=1S/C13H23N3/c1-6-12(10(2)3)15-13-9-11(16(4)5)7-8-14-13/h7-10,12H,6H2,1-5H3,(H,14,15). The molecule has 0 bridgehead atoms. The Morgan fingerprint density at radius 3 is 2.56 bits per heavy atom. The summed E-state index contributed by atoms with van der Waals surface area (Å²) >= 11 is 0. The molecule has 1 aromatic heterocycles. The van der Waals surface area contributed by atoms with E-state index in [0.29, 0.717) is 12.0 Å². The first-order chi connectivity index (χ1) is 7.54. The molecule has 0 spiro atoms. The highest BCUT2D eigenvalue weighted by atomic mass is 15.1. The van der Waals surface area contributed by atoms with Gasteiger partial charge in [0.1, 0.15) is 5.82 Å². The number of nitrogens with one attached hydrogen (secondary N) is 1. The molecule has 0 radical (unpaired) electrons. The predicted octanol–water partition coefficient (Wildman–Crippen LogP) is 2.99. The maximum Gasteiger partial charge on any atom is 0.128 e. The molecule has 3 heteroatoms. The Labute approximate surface area is 98.9 Å². The van der Waals surface area contributed by atoms with Crippen molar-refractivity contribution in [3.63, 3.8) is 0 Å². The zero-order valence-electron chi connectivity index (χ0n) is 11.0. The smallest absolute Gasteiger partial charge is 0.128 e. The Kier molecular flexibility index (Phi) is 4.59. The number of aromatic nitrogens is 1. The third kappa shape index (κ3) is 3.40. The van der Waals surface area contributed by atoms with Crippen molar-refractivity contribution in [1.82, 2.24) is 4.98 Å². The van der Waals surface area contributed by atoms with Crippen molar-refractivity contribution in [2.24, 2.45) is 5.92 Å². The van der Waals surface area contributed by atoms with E-state index in [1.807, 2.05) is 26.4 Å².